The topological polar surface area (TPSA) is 51.2 Å². The minimum Gasteiger partial charge on any atom is -0.457 e. The van der Waals surface area contributed by atoms with Gasteiger partial charge in [0.15, 0.2) is 5.78 Å². The number of pyridine rings is 1. The largest absolute Gasteiger partial charge is 0.457 e. The van der Waals surface area contributed by atoms with Crippen LogP contribution in [0.25, 0.3) is 0 Å². The molecule has 124 valence electrons. The first-order valence-corrected chi connectivity index (χ1v) is 7.93. The van der Waals surface area contributed by atoms with E-state index in [1.165, 1.54) is 0 Å². The number of para-hydroxylation sites is 1. The van der Waals surface area contributed by atoms with Gasteiger partial charge in [-0.2, -0.15) is 0 Å². The molecule has 0 radical (unpaired) electrons. The van der Waals surface area contributed by atoms with Crippen molar-refractivity contribution in [3.63, 3.8) is 0 Å². The molecule has 3 rings (SSSR count). The lowest BCUT2D eigenvalue weighted by molar-refractivity contribution is 0.104. The SMILES string of the molecule is CC(=CC(=O)c1cccnc1)Nc1ccc(Oc2ccccc2)cc1. The lowest BCUT2D eigenvalue weighted by Crippen LogP contribution is -2.01. The van der Waals surface area contributed by atoms with E-state index in [4.69, 9.17) is 4.74 Å². The lowest BCUT2D eigenvalue weighted by atomic mass is 10.1. The summed E-state index contributed by atoms with van der Waals surface area (Å²) in [6, 6.07) is 20.7. The maximum absolute atomic E-state index is 12.1. The van der Waals surface area contributed by atoms with Gasteiger partial charge in [-0.25, -0.2) is 0 Å². The molecule has 25 heavy (non-hydrogen) atoms. The Morgan fingerprint density at radius 2 is 1.68 bits per heavy atom. The van der Waals surface area contributed by atoms with E-state index in [2.05, 4.69) is 10.3 Å². The van der Waals surface area contributed by atoms with E-state index in [0.717, 1.165) is 22.9 Å². The van der Waals surface area contributed by atoms with Crippen LogP contribution in [0.2, 0.25) is 0 Å². The highest BCUT2D eigenvalue weighted by atomic mass is 16.5. The summed E-state index contributed by atoms with van der Waals surface area (Å²) in [7, 11) is 0. The van der Waals surface area contributed by atoms with Crippen LogP contribution in [0.5, 0.6) is 11.5 Å². The first kappa shape index (κ1) is 16.5. The Hall–Kier alpha value is -3.40. The molecule has 0 saturated carbocycles. The zero-order chi connectivity index (χ0) is 17.5. The molecule has 0 saturated heterocycles. The number of anilines is 1. The van der Waals surface area contributed by atoms with Crippen molar-refractivity contribution in [2.45, 2.75) is 6.92 Å². The van der Waals surface area contributed by atoms with Crippen molar-refractivity contribution < 1.29 is 9.53 Å². The average molecular weight is 330 g/mol. The zero-order valence-electron chi connectivity index (χ0n) is 13.8. The first-order chi connectivity index (χ1) is 12.2. The quantitative estimate of drug-likeness (QED) is 0.506. The van der Waals surface area contributed by atoms with Crippen molar-refractivity contribution in [1.29, 1.82) is 0 Å². The third-order valence-electron chi connectivity index (χ3n) is 3.47. The van der Waals surface area contributed by atoms with Crippen LogP contribution in [0.3, 0.4) is 0 Å². The normalized spacial score (nSPS) is 11.0. The minimum absolute atomic E-state index is 0.0814. The summed E-state index contributed by atoms with van der Waals surface area (Å²) in [5, 5.41) is 3.20. The van der Waals surface area contributed by atoms with Gasteiger partial charge in [0.25, 0.3) is 0 Å². The van der Waals surface area contributed by atoms with Gasteiger partial charge in [0, 0.05) is 35.4 Å². The Labute approximate surface area is 146 Å². The summed E-state index contributed by atoms with van der Waals surface area (Å²) in [6.45, 7) is 1.85. The molecule has 1 heterocycles. The van der Waals surface area contributed by atoms with E-state index < -0.39 is 0 Å². The predicted molar refractivity (Wildman–Crippen MR) is 98.9 cm³/mol. The summed E-state index contributed by atoms with van der Waals surface area (Å²) in [4.78, 5) is 16.1. The van der Waals surface area contributed by atoms with Crippen molar-refractivity contribution in [3.8, 4) is 11.5 Å². The molecule has 0 unspecified atom stereocenters. The molecule has 0 amide bonds. The number of nitrogens with one attached hydrogen (secondary N) is 1. The molecule has 0 bridgehead atoms. The molecular formula is C21H18N2O2. The molecule has 0 aliphatic carbocycles. The maximum Gasteiger partial charge on any atom is 0.189 e. The van der Waals surface area contributed by atoms with Crippen molar-refractivity contribution >= 4 is 11.5 Å². The molecule has 4 nitrogen and oxygen atoms in total. The highest BCUT2D eigenvalue weighted by molar-refractivity contribution is 6.04. The van der Waals surface area contributed by atoms with Gasteiger partial charge < -0.3 is 10.1 Å². The van der Waals surface area contributed by atoms with E-state index in [9.17, 15) is 4.79 Å². The molecular weight excluding hydrogens is 312 g/mol. The number of allylic oxidation sites excluding steroid dienone is 2. The Morgan fingerprint density at radius 1 is 0.960 bits per heavy atom. The third-order valence-corrected chi connectivity index (χ3v) is 3.47. The zero-order valence-corrected chi connectivity index (χ0v) is 13.8. The molecule has 1 N–H and O–H groups in total. The van der Waals surface area contributed by atoms with Crippen LogP contribution < -0.4 is 10.1 Å². The Kier molecular flexibility index (Phi) is 5.22. The summed E-state index contributed by atoms with van der Waals surface area (Å²) in [5.74, 6) is 1.47. The van der Waals surface area contributed by atoms with E-state index in [1.54, 1.807) is 30.6 Å². The molecule has 0 fully saturated rings. The average Bonchev–Trinajstić information content (AvgIpc) is 2.65. The van der Waals surface area contributed by atoms with Gasteiger partial charge in [0.05, 0.1) is 0 Å². The number of hydrogen-bond acceptors (Lipinski definition) is 4. The number of rotatable bonds is 6. The Morgan fingerprint density at radius 3 is 2.36 bits per heavy atom. The van der Waals surface area contributed by atoms with Crippen molar-refractivity contribution in [3.05, 3.63) is 96.5 Å². The predicted octanol–water partition coefficient (Wildman–Crippen LogP) is 5.07. The van der Waals surface area contributed by atoms with Crippen LogP contribution in [0.1, 0.15) is 17.3 Å². The van der Waals surface area contributed by atoms with Gasteiger partial charge >= 0.3 is 0 Å². The number of benzene rings is 2. The Bertz CT molecular complexity index is 857. The maximum atomic E-state index is 12.1. The summed E-state index contributed by atoms with van der Waals surface area (Å²) in [6.07, 6.45) is 4.76. The number of nitrogens with zero attached hydrogens (tertiary/aromatic N) is 1. The second-order valence-corrected chi connectivity index (χ2v) is 5.50. The summed E-state index contributed by atoms with van der Waals surface area (Å²) < 4.78 is 5.76. The second-order valence-electron chi connectivity index (χ2n) is 5.50. The number of carbonyl (C=O) groups is 1. The van der Waals surface area contributed by atoms with Gasteiger partial charge in [0.2, 0.25) is 0 Å². The second kappa shape index (κ2) is 7.93. The van der Waals surface area contributed by atoms with E-state index in [1.807, 2.05) is 61.5 Å². The number of ketones is 1. The van der Waals surface area contributed by atoms with E-state index in [-0.39, 0.29) is 5.78 Å². The van der Waals surface area contributed by atoms with Crippen molar-refractivity contribution in [1.82, 2.24) is 4.98 Å². The Balaban J connectivity index is 1.63. The monoisotopic (exact) mass is 330 g/mol. The molecule has 0 aliphatic heterocycles. The molecule has 3 aromatic rings. The van der Waals surface area contributed by atoms with E-state index >= 15 is 0 Å². The van der Waals surface area contributed by atoms with Crippen LogP contribution in [-0.2, 0) is 0 Å². The van der Waals surface area contributed by atoms with Crippen molar-refractivity contribution in [2.24, 2.45) is 0 Å². The minimum atomic E-state index is -0.0814. The third kappa shape index (κ3) is 4.78. The fourth-order valence-electron chi connectivity index (χ4n) is 2.28. The first-order valence-electron chi connectivity index (χ1n) is 7.93. The van der Waals surface area contributed by atoms with Gasteiger partial charge in [-0.1, -0.05) is 18.2 Å². The van der Waals surface area contributed by atoms with Crippen LogP contribution in [0, 0.1) is 0 Å². The van der Waals surface area contributed by atoms with Crippen molar-refractivity contribution in [2.75, 3.05) is 5.32 Å². The van der Waals surface area contributed by atoms with Gasteiger partial charge in [-0.15, -0.1) is 0 Å². The number of carbonyl (C=O) groups excluding carboxylic acids is 1. The molecule has 0 aliphatic rings. The molecule has 4 heteroatoms. The highest BCUT2D eigenvalue weighted by Gasteiger charge is 2.03. The fourth-order valence-corrected chi connectivity index (χ4v) is 2.28. The lowest BCUT2D eigenvalue weighted by Gasteiger charge is -2.09. The van der Waals surface area contributed by atoms with E-state index in [0.29, 0.717) is 5.56 Å². The smallest absolute Gasteiger partial charge is 0.189 e. The molecule has 2 aromatic carbocycles. The molecule has 0 spiro atoms. The van der Waals surface area contributed by atoms with Gasteiger partial charge in [-0.3, -0.25) is 9.78 Å². The number of hydrogen-bond donors (Lipinski definition) is 1. The number of aromatic nitrogens is 1. The molecule has 0 atom stereocenters. The van der Waals surface area contributed by atoms with Crippen LogP contribution in [0.15, 0.2) is 90.9 Å². The van der Waals surface area contributed by atoms with Gasteiger partial charge in [-0.05, 0) is 55.5 Å². The fraction of sp³-hybridized carbons (Fsp3) is 0.0476. The van der Waals surface area contributed by atoms with Crippen LogP contribution >= 0.6 is 0 Å². The number of ether oxygens (including phenoxy) is 1. The standard InChI is InChI=1S/C21H18N2O2/c1-16(14-21(24)17-6-5-13-22-15-17)23-18-9-11-20(12-10-18)25-19-7-3-2-4-8-19/h2-15,23H,1H3. The summed E-state index contributed by atoms with van der Waals surface area (Å²) in [5.41, 5.74) is 2.20. The molecule has 1 aromatic heterocycles. The van der Waals surface area contributed by atoms with Crippen LogP contribution in [-0.4, -0.2) is 10.8 Å². The van der Waals surface area contributed by atoms with Gasteiger partial charge in [0.1, 0.15) is 11.5 Å². The van der Waals surface area contributed by atoms with Crippen LogP contribution in [0.4, 0.5) is 5.69 Å². The highest BCUT2D eigenvalue weighted by Crippen LogP contribution is 2.23. The summed E-state index contributed by atoms with van der Waals surface area (Å²) >= 11 is 0.